The third kappa shape index (κ3) is 4.91. The van der Waals surface area contributed by atoms with E-state index < -0.39 is 11.7 Å². The average Bonchev–Trinajstić information content (AvgIpc) is 3.17. The molecule has 0 saturated heterocycles. The van der Waals surface area contributed by atoms with Crippen molar-refractivity contribution >= 4 is 38.4 Å². The quantitative estimate of drug-likeness (QED) is 0.488. The highest BCUT2D eigenvalue weighted by Crippen LogP contribution is 2.37. The van der Waals surface area contributed by atoms with Gasteiger partial charge >= 0.3 is 0 Å². The second kappa shape index (κ2) is 9.66. The summed E-state index contributed by atoms with van der Waals surface area (Å²) in [5.74, 6) is -0.125. The number of aliphatic hydroxyl groups is 1. The third-order valence-electron chi connectivity index (χ3n) is 5.35. The first-order valence-corrected chi connectivity index (χ1v) is 11.2. The first kappa shape index (κ1) is 22.2. The van der Waals surface area contributed by atoms with Crippen molar-refractivity contribution in [2.45, 2.75) is 51.4 Å². The van der Waals surface area contributed by atoms with Crippen LogP contribution in [0.3, 0.4) is 0 Å². The molecule has 0 bridgehead atoms. The lowest BCUT2D eigenvalue weighted by molar-refractivity contribution is -0.114. The number of pyridine rings is 1. The monoisotopic (exact) mass is 460 g/mol. The topological polar surface area (TPSA) is 106 Å². The summed E-state index contributed by atoms with van der Waals surface area (Å²) in [6.07, 6.45) is 4.85. The van der Waals surface area contributed by atoms with Crippen LogP contribution in [0.15, 0.2) is 24.4 Å². The Labute approximate surface area is 188 Å². The number of halogens is 1. The highest BCUT2D eigenvalue weighted by atomic mass is 32.1. The largest absolute Gasteiger partial charge is 0.494 e. The molecule has 1 aliphatic rings. The molecule has 2 aromatic heterocycles. The van der Waals surface area contributed by atoms with E-state index in [0.29, 0.717) is 22.1 Å². The molecule has 0 spiro atoms. The summed E-state index contributed by atoms with van der Waals surface area (Å²) < 4.78 is 26.7. The minimum absolute atomic E-state index is 0.0153. The SMILES string of the molecule is COc1cc(OCc2ccnc(NC(C)=O)c2F)cc2sc(N[C@H]3CCCC[C@@H]3O)nc12. The van der Waals surface area contributed by atoms with Gasteiger partial charge in [-0.3, -0.25) is 4.79 Å². The Balaban J connectivity index is 1.53. The highest BCUT2D eigenvalue weighted by Gasteiger charge is 2.24. The Hall–Kier alpha value is -2.98. The van der Waals surface area contributed by atoms with Crippen LogP contribution in [-0.2, 0) is 11.4 Å². The average molecular weight is 461 g/mol. The maximum absolute atomic E-state index is 14.6. The van der Waals surface area contributed by atoms with Gasteiger partial charge in [0.25, 0.3) is 0 Å². The van der Waals surface area contributed by atoms with Crippen LogP contribution >= 0.6 is 11.3 Å². The minimum atomic E-state index is -0.633. The Morgan fingerprint density at radius 2 is 2.16 bits per heavy atom. The van der Waals surface area contributed by atoms with Crippen molar-refractivity contribution in [1.82, 2.24) is 9.97 Å². The number of thiazole rings is 1. The van der Waals surface area contributed by atoms with Gasteiger partial charge in [0.1, 0.15) is 23.6 Å². The number of carbonyl (C=O) groups is 1. The van der Waals surface area contributed by atoms with Crippen molar-refractivity contribution in [3.63, 3.8) is 0 Å². The summed E-state index contributed by atoms with van der Waals surface area (Å²) in [6, 6.07) is 5.01. The van der Waals surface area contributed by atoms with Crippen molar-refractivity contribution in [2.75, 3.05) is 17.7 Å². The zero-order valence-corrected chi connectivity index (χ0v) is 18.7. The van der Waals surface area contributed by atoms with Gasteiger partial charge in [-0.05, 0) is 25.0 Å². The molecule has 3 N–H and O–H groups in total. The molecule has 1 aromatic carbocycles. The van der Waals surface area contributed by atoms with Gasteiger partial charge in [-0.25, -0.2) is 14.4 Å². The second-order valence-corrected chi connectivity index (χ2v) is 8.73. The van der Waals surface area contributed by atoms with Gasteiger partial charge in [0.15, 0.2) is 16.8 Å². The summed E-state index contributed by atoms with van der Waals surface area (Å²) in [7, 11) is 1.55. The predicted molar refractivity (Wildman–Crippen MR) is 121 cm³/mol. The molecule has 170 valence electrons. The maximum atomic E-state index is 14.6. The van der Waals surface area contributed by atoms with Crippen LogP contribution in [0.1, 0.15) is 38.2 Å². The Bertz CT molecular complexity index is 1120. The molecule has 1 amide bonds. The van der Waals surface area contributed by atoms with E-state index in [2.05, 4.69) is 20.6 Å². The Morgan fingerprint density at radius 3 is 2.91 bits per heavy atom. The molecule has 1 saturated carbocycles. The van der Waals surface area contributed by atoms with Gasteiger partial charge in [0, 0.05) is 24.8 Å². The fourth-order valence-electron chi connectivity index (χ4n) is 3.72. The number of hydrogen-bond donors (Lipinski definition) is 3. The van der Waals surface area contributed by atoms with E-state index >= 15 is 0 Å². The predicted octanol–water partition coefficient (Wildman–Crippen LogP) is 4.09. The molecule has 32 heavy (non-hydrogen) atoms. The minimum Gasteiger partial charge on any atom is -0.494 e. The van der Waals surface area contributed by atoms with Crippen LogP contribution in [0, 0.1) is 5.82 Å². The molecule has 2 atom stereocenters. The highest BCUT2D eigenvalue weighted by molar-refractivity contribution is 7.22. The van der Waals surface area contributed by atoms with E-state index in [1.54, 1.807) is 13.2 Å². The van der Waals surface area contributed by atoms with Crippen molar-refractivity contribution in [2.24, 2.45) is 0 Å². The number of anilines is 2. The van der Waals surface area contributed by atoms with Crippen LogP contribution in [0.2, 0.25) is 0 Å². The smallest absolute Gasteiger partial charge is 0.222 e. The van der Waals surface area contributed by atoms with Crippen molar-refractivity contribution in [3.05, 3.63) is 35.8 Å². The standard InChI is InChI=1S/C22H25FN4O4S/c1-12(28)25-21-19(23)13(7-8-24-21)11-31-14-9-17(30-2)20-18(10-14)32-22(27-20)26-15-5-3-4-6-16(15)29/h7-10,15-16,29H,3-6,11H2,1-2H3,(H,26,27)(H,24,25,28)/t15-,16-/m0/s1. The number of carbonyl (C=O) groups excluding carboxylic acids is 1. The molecular formula is C22H25FN4O4S. The lowest BCUT2D eigenvalue weighted by atomic mass is 9.93. The summed E-state index contributed by atoms with van der Waals surface area (Å²) in [4.78, 5) is 19.7. The van der Waals surface area contributed by atoms with Gasteiger partial charge in [0.05, 0.1) is 24.0 Å². The number of aliphatic hydroxyl groups excluding tert-OH is 1. The van der Waals surface area contributed by atoms with Gasteiger partial charge < -0.3 is 25.2 Å². The van der Waals surface area contributed by atoms with E-state index in [4.69, 9.17) is 9.47 Å². The molecule has 2 heterocycles. The zero-order valence-electron chi connectivity index (χ0n) is 17.9. The number of rotatable bonds is 7. The Morgan fingerprint density at radius 1 is 1.34 bits per heavy atom. The van der Waals surface area contributed by atoms with Gasteiger partial charge in [0.2, 0.25) is 5.91 Å². The number of nitrogens with zero attached hydrogens (tertiary/aromatic N) is 2. The van der Waals surface area contributed by atoms with Gasteiger partial charge in [-0.15, -0.1) is 0 Å². The lowest BCUT2D eigenvalue weighted by Gasteiger charge is -2.27. The van der Waals surface area contributed by atoms with E-state index in [0.717, 1.165) is 30.4 Å². The fraction of sp³-hybridized carbons (Fsp3) is 0.409. The number of benzene rings is 1. The molecule has 0 unspecified atom stereocenters. The fourth-order valence-corrected chi connectivity index (χ4v) is 4.70. The number of methoxy groups -OCH3 is 1. The van der Waals surface area contributed by atoms with Crippen molar-refractivity contribution in [3.8, 4) is 11.5 Å². The van der Waals surface area contributed by atoms with E-state index in [1.165, 1.54) is 30.5 Å². The summed E-state index contributed by atoms with van der Waals surface area (Å²) >= 11 is 1.45. The third-order valence-corrected chi connectivity index (χ3v) is 6.28. The zero-order chi connectivity index (χ0) is 22.7. The molecule has 1 fully saturated rings. The van der Waals surface area contributed by atoms with Crippen molar-refractivity contribution in [1.29, 1.82) is 0 Å². The van der Waals surface area contributed by atoms with Crippen LogP contribution in [-0.4, -0.2) is 40.2 Å². The molecule has 10 heteroatoms. The van der Waals surface area contributed by atoms with E-state index in [9.17, 15) is 14.3 Å². The number of aromatic nitrogens is 2. The van der Waals surface area contributed by atoms with Crippen LogP contribution in [0.25, 0.3) is 10.2 Å². The number of amides is 1. The summed E-state index contributed by atoms with van der Waals surface area (Å²) in [5.41, 5.74) is 0.960. The lowest BCUT2D eigenvalue weighted by Crippen LogP contribution is -2.36. The molecule has 4 rings (SSSR count). The molecule has 0 radical (unpaired) electrons. The molecule has 3 aromatic rings. The molecule has 8 nitrogen and oxygen atoms in total. The first-order chi connectivity index (χ1) is 15.4. The van der Waals surface area contributed by atoms with Crippen LogP contribution in [0.4, 0.5) is 15.3 Å². The number of hydrogen-bond acceptors (Lipinski definition) is 8. The normalized spacial score (nSPS) is 18.4. The van der Waals surface area contributed by atoms with Gasteiger partial charge in [-0.1, -0.05) is 24.2 Å². The summed E-state index contributed by atoms with van der Waals surface area (Å²) in [6.45, 7) is 1.24. The molecular weight excluding hydrogens is 435 g/mol. The van der Waals surface area contributed by atoms with E-state index in [-0.39, 0.29) is 30.1 Å². The van der Waals surface area contributed by atoms with E-state index in [1.807, 2.05) is 6.07 Å². The maximum Gasteiger partial charge on any atom is 0.222 e. The second-order valence-electron chi connectivity index (χ2n) is 7.70. The molecule has 0 aliphatic heterocycles. The van der Waals surface area contributed by atoms with Crippen molar-refractivity contribution < 1.29 is 23.8 Å². The summed E-state index contributed by atoms with van der Waals surface area (Å²) in [5, 5.41) is 16.6. The van der Waals surface area contributed by atoms with Crippen LogP contribution in [0.5, 0.6) is 11.5 Å². The van der Waals surface area contributed by atoms with Gasteiger partial charge in [-0.2, -0.15) is 0 Å². The number of fused-ring (bicyclic) bond motifs is 1. The Kier molecular flexibility index (Phi) is 6.71. The first-order valence-electron chi connectivity index (χ1n) is 10.4. The number of nitrogens with one attached hydrogen (secondary N) is 2. The number of ether oxygens (including phenoxy) is 2. The molecule has 1 aliphatic carbocycles. The van der Waals surface area contributed by atoms with Crippen LogP contribution < -0.4 is 20.1 Å².